The predicted octanol–water partition coefficient (Wildman–Crippen LogP) is 6.22. The molecule has 7 heteroatoms. The molecule has 1 heterocycles. The first kappa shape index (κ1) is 24.0. The van der Waals surface area contributed by atoms with Crippen molar-refractivity contribution in [1.29, 1.82) is 0 Å². The number of hydrogen-bond acceptors (Lipinski definition) is 5. The van der Waals surface area contributed by atoms with Gasteiger partial charge >= 0.3 is 0 Å². The maximum Gasteiger partial charge on any atom is 0.255 e. The molecule has 6 nitrogen and oxygen atoms in total. The number of thioether (sulfide) groups is 1. The first-order valence-corrected chi connectivity index (χ1v) is 13.0. The number of carbonyl (C=O) groups is 2. The second-order valence-electron chi connectivity index (χ2n) is 8.72. The summed E-state index contributed by atoms with van der Waals surface area (Å²) < 4.78 is 12.5. The van der Waals surface area contributed by atoms with Crippen molar-refractivity contribution in [2.24, 2.45) is 0 Å². The smallest absolute Gasteiger partial charge is 0.255 e. The van der Waals surface area contributed by atoms with Gasteiger partial charge in [0.2, 0.25) is 5.91 Å². The van der Waals surface area contributed by atoms with Crippen molar-refractivity contribution in [3.63, 3.8) is 0 Å². The number of amides is 1. The maximum absolute atomic E-state index is 13.4. The maximum atomic E-state index is 13.4. The number of ether oxygens (including phenoxy) is 2. The summed E-state index contributed by atoms with van der Waals surface area (Å²) in [5.74, 6) is 1.21. The third-order valence-corrected chi connectivity index (χ3v) is 7.51. The van der Waals surface area contributed by atoms with Crippen LogP contribution in [0, 0.1) is 0 Å². The number of anilines is 1. The minimum atomic E-state index is -0.250. The van der Waals surface area contributed by atoms with Gasteiger partial charge in [0.25, 0.3) is 5.91 Å². The molecular weight excluding hydrogens is 472 g/mol. The van der Waals surface area contributed by atoms with Crippen LogP contribution in [0.15, 0.2) is 71.6 Å². The lowest BCUT2D eigenvalue weighted by Crippen LogP contribution is -2.18. The largest absolute Gasteiger partial charge is 0.493 e. The summed E-state index contributed by atoms with van der Waals surface area (Å²) in [6.07, 6.45) is 4.26. The summed E-state index contributed by atoms with van der Waals surface area (Å²) in [4.78, 5) is 27.1. The Bertz CT molecular complexity index is 1440. The van der Waals surface area contributed by atoms with Crippen LogP contribution in [0.3, 0.4) is 0 Å². The number of aryl methyl sites for hydroxylation is 1. The normalized spacial score (nSPS) is 12.7. The molecule has 1 aliphatic rings. The third-order valence-electron chi connectivity index (χ3n) is 6.53. The highest BCUT2D eigenvalue weighted by molar-refractivity contribution is 8.00. The van der Waals surface area contributed by atoms with Crippen LogP contribution in [-0.4, -0.2) is 36.4 Å². The van der Waals surface area contributed by atoms with Crippen LogP contribution in [0.2, 0.25) is 0 Å². The number of nitrogens with one attached hydrogen (secondary N) is 1. The minimum Gasteiger partial charge on any atom is -0.493 e. The Hall–Kier alpha value is -3.71. The molecule has 184 valence electrons. The van der Waals surface area contributed by atoms with Crippen molar-refractivity contribution < 1.29 is 19.1 Å². The number of benzene rings is 3. The van der Waals surface area contributed by atoms with Gasteiger partial charge in [-0.3, -0.25) is 14.2 Å². The van der Waals surface area contributed by atoms with Gasteiger partial charge in [0, 0.05) is 27.2 Å². The van der Waals surface area contributed by atoms with Gasteiger partial charge in [0.05, 0.1) is 25.5 Å². The van der Waals surface area contributed by atoms with Crippen LogP contribution >= 0.6 is 11.8 Å². The van der Waals surface area contributed by atoms with E-state index in [9.17, 15) is 9.59 Å². The molecule has 0 aliphatic heterocycles. The van der Waals surface area contributed by atoms with E-state index in [1.165, 1.54) is 41.9 Å². The lowest BCUT2D eigenvalue weighted by molar-refractivity contribution is 0.0942. The standard InChI is InChI=1S/C29H28N2O4S/c1-34-26-15-14-19(16-27(26)35-2)29(33)30-20-8-7-9-21(17-20)36-18-28(32)31-24-12-5-3-10-22(24)23-11-4-6-13-25(23)31/h3,5,7-10,12,14-17H,4,6,11,13,18H2,1-2H3,(H,30,33). The lowest BCUT2D eigenvalue weighted by Gasteiger charge is -2.15. The van der Waals surface area contributed by atoms with Gasteiger partial charge < -0.3 is 14.8 Å². The molecule has 0 atom stereocenters. The van der Waals surface area contributed by atoms with Crippen LogP contribution in [0.1, 0.15) is 39.3 Å². The molecule has 1 aromatic heterocycles. The van der Waals surface area contributed by atoms with Crippen LogP contribution in [-0.2, 0) is 12.8 Å². The highest BCUT2D eigenvalue weighted by Crippen LogP contribution is 2.33. The molecule has 0 fully saturated rings. The van der Waals surface area contributed by atoms with E-state index in [2.05, 4.69) is 11.4 Å². The zero-order chi connectivity index (χ0) is 25.1. The van der Waals surface area contributed by atoms with E-state index in [0.717, 1.165) is 29.7 Å². The molecule has 0 saturated heterocycles. The highest BCUT2D eigenvalue weighted by Gasteiger charge is 2.23. The van der Waals surface area contributed by atoms with Crippen molar-refractivity contribution >= 4 is 40.2 Å². The third kappa shape index (κ3) is 4.71. The van der Waals surface area contributed by atoms with E-state index in [1.807, 2.05) is 47.0 Å². The Kier molecular flexibility index (Phi) is 7.00. The molecule has 0 unspecified atom stereocenters. The van der Waals surface area contributed by atoms with Crippen molar-refractivity contribution in [1.82, 2.24) is 4.57 Å². The number of rotatable bonds is 7. The summed E-state index contributed by atoms with van der Waals surface area (Å²) in [5, 5.41) is 4.13. The summed E-state index contributed by atoms with van der Waals surface area (Å²) >= 11 is 1.48. The van der Waals surface area contributed by atoms with E-state index >= 15 is 0 Å². The zero-order valence-electron chi connectivity index (χ0n) is 20.4. The zero-order valence-corrected chi connectivity index (χ0v) is 21.2. The number of hydrogen-bond donors (Lipinski definition) is 1. The SMILES string of the molecule is COc1ccc(C(=O)Nc2cccc(SCC(=O)n3c4c(c5ccccc53)CCCC4)c2)cc1OC. The van der Waals surface area contributed by atoms with E-state index in [-0.39, 0.29) is 11.8 Å². The second-order valence-corrected chi connectivity index (χ2v) is 9.77. The average molecular weight is 501 g/mol. The van der Waals surface area contributed by atoms with Crippen molar-refractivity contribution in [3.05, 3.63) is 83.6 Å². The Morgan fingerprint density at radius 2 is 1.72 bits per heavy atom. The Balaban J connectivity index is 1.30. The molecule has 5 rings (SSSR count). The number of nitrogens with zero attached hydrogens (tertiary/aromatic N) is 1. The molecule has 0 bridgehead atoms. The van der Waals surface area contributed by atoms with Gasteiger partial charge in [-0.1, -0.05) is 24.3 Å². The van der Waals surface area contributed by atoms with E-state index in [0.29, 0.717) is 28.5 Å². The minimum absolute atomic E-state index is 0.0825. The Labute approximate surface area is 214 Å². The van der Waals surface area contributed by atoms with Crippen LogP contribution < -0.4 is 14.8 Å². The quantitative estimate of drug-likeness (QED) is 0.305. The first-order valence-electron chi connectivity index (χ1n) is 12.0. The van der Waals surface area contributed by atoms with Gasteiger partial charge in [-0.2, -0.15) is 0 Å². The first-order chi connectivity index (χ1) is 17.6. The Morgan fingerprint density at radius 3 is 2.56 bits per heavy atom. The average Bonchev–Trinajstić information content (AvgIpc) is 3.26. The topological polar surface area (TPSA) is 69.6 Å². The second kappa shape index (κ2) is 10.5. The fourth-order valence-corrected chi connectivity index (χ4v) is 5.64. The van der Waals surface area contributed by atoms with Gasteiger partial charge in [0.1, 0.15) is 0 Å². The summed E-state index contributed by atoms with van der Waals surface area (Å²) in [5.41, 5.74) is 4.63. The van der Waals surface area contributed by atoms with E-state index in [1.54, 1.807) is 25.3 Å². The molecule has 4 aromatic rings. The van der Waals surface area contributed by atoms with Crippen molar-refractivity contribution in [2.75, 3.05) is 25.3 Å². The van der Waals surface area contributed by atoms with Crippen molar-refractivity contribution in [3.8, 4) is 11.5 Å². The van der Waals surface area contributed by atoms with Gasteiger partial charge in [-0.05, 0) is 73.7 Å². The highest BCUT2D eigenvalue weighted by atomic mass is 32.2. The molecule has 1 amide bonds. The van der Waals surface area contributed by atoms with Gasteiger partial charge in [-0.25, -0.2) is 0 Å². The number of fused-ring (bicyclic) bond motifs is 3. The molecular formula is C29H28N2O4S. The fourth-order valence-electron chi connectivity index (χ4n) is 4.83. The molecule has 3 aromatic carbocycles. The summed E-state index contributed by atoms with van der Waals surface area (Å²) in [6.45, 7) is 0. The molecule has 0 saturated carbocycles. The monoisotopic (exact) mass is 500 g/mol. The lowest BCUT2D eigenvalue weighted by atomic mass is 9.96. The number of methoxy groups -OCH3 is 2. The number of para-hydroxylation sites is 1. The molecule has 1 N–H and O–H groups in total. The van der Waals surface area contributed by atoms with Crippen molar-refractivity contribution in [2.45, 2.75) is 30.6 Å². The van der Waals surface area contributed by atoms with Crippen LogP contribution in [0.5, 0.6) is 11.5 Å². The van der Waals surface area contributed by atoms with E-state index in [4.69, 9.17) is 9.47 Å². The molecule has 1 aliphatic carbocycles. The fraction of sp³-hybridized carbons (Fsp3) is 0.241. The number of carbonyl (C=O) groups excluding carboxylic acids is 2. The van der Waals surface area contributed by atoms with Crippen LogP contribution in [0.25, 0.3) is 10.9 Å². The summed E-state index contributed by atoms with van der Waals surface area (Å²) in [7, 11) is 3.09. The molecule has 0 radical (unpaired) electrons. The predicted molar refractivity (Wildman–Crippen MR) is 144 cm³/mol. The molecule has 0 spiro atoms. The van der Waals surface area contributed by atoms with Crippen LogP contribution in [0.4, 0.5) is 5.69 Å². The molecule has 36 heavy (non-hydrogen) atoms. The van der Waals surface area contributed by atoms with E-state index < -0.39 is 0 Å². The van der Waals surface area contributed by atoms with Gasteiger partial charge in [-0.15, -0.1) is 11.8 Å². The Morgan fingerprint density at radius 1 is 0.917 bits per heavy atom. The van der Waals surface area contributed by atoms with Gasteiger partial charge in [0.15, 0.2) is 11.5 Å². The summed E-state index contributed by atoms with van der Waals surface area (Å²) in [6, 6.07) is 20.8. The number of aromatic nitrogens is 1.